The highest BCUT2D eigenvalue weighted by atomic mass is 32.2. The van der Waals surface area contributed by atoms with E-state index >= 15 is 0 Å². The van der Waals surface area contributed by atoms with Crippen LogP contribution in [0.25, 0.3) is 0 Å². The Hall–Kier alpha value is -1.46. The largest absolute Gasteiger partial charge is 0.323 e. The van der Waals surface area contributed by atoms with Gasteiger partial charge in [0.2, 0.25) is 0 Å². The number of para-hydroxylation sites is 1. The van der Waals surface area contributed by atoms with Crippen molar-refractivity contribution in [2.24, 2.45) is 0 Å². The summed E-state index contributed by atoms with van der Waals surface area (Å²) in [7, 11) is 0. The lowest BCUT2D eigenvalue weighted by atomic mass is 10.3. The van der Waals surface area contributed by atoms with E-state index in [9.17, 15) is 4.79 Å². The maximum atomic E-state index is 12.3. The number of hydrogen-bond donors (Lipinski definition) is 1. The minimum Gasteiger partial charge on any atom is -0.308 e. The lowest BCUT2D eigenvalue weighted by molar-refractivity contribution is 0.215. The molecule has 1 saturated heterocycles. The Balaban J connectivity index is 1.72. The van der Waals surface area contributed by atoms with Gasteiger partial charge in [-0.3, -0.25) is 0 Å². The third-order valence-electron chi connectivity index (χ3n) is 2.96. The first-order valence-corrected chi connectivity index (χ1v) is 8.05. The van der Waals surface area contributed by atoms with Crippen molar-refractivity contribution in [2.75, 3.05) is 17.6 Å². The van der Waals surface area contributed by atoms with Crippen molar-refractivity contribution in [3.05, 3.63) is 52.7 Å². The van der Waals surface area contributed by atoms with Crippen molar-refractivity contribution < 1.29 is 4.79 Å². The number of nitrogens with zero attached hydrogens (tertiary/aromatic N) is 1. The monoisotopic (exact) mass is 290 g/mol. The van der Waals surface area contributed by atoms with Crippen LogP contribution in [0.3, 0.4) is 0 Å². The zero-order valence-corrected chi connectivity index (χ0v) is 11.9. The fourth-order valence-corrected chi connectivity index (χ4v) is 4.30. The van der Waals surface area contributed by atoms with Gasteiger partial charge in [-0.15, -0.1) is 23.1 Å². The second kappa shape index (κ2) is 5.67. The Bertz CT molecular complexity index is 542. The van der Waals surface area contributed by atoms with E-state index in [1.54, 1.807) is 11.3 Å². The van der Waals surface area contributed by atoms with Gasteiger partial charge in [0, 0.05) is 22.9 Å². The zero-order valence-electron chi connectivity index (χ0n) is 10.3. The number of anilines is 1. The van der Waals surface area contributed by atoms with E-state index in [4.69, 9.17) is 0 Å². The van der Waals surface area contributed by atoms with E-state index < -0.39 is 0 Å². The van der Waals surface area contributed by atoms with Gasteiger partial charge in [0.15, 0.2) is 0 Å². The topological polar surface area (TPSA) is 32.3 Å². The lowest BCUT2D eigenvalue weighted by Gasteiger charge is -2.23. The first-order valence-electron chi connectivity index (χ1n) is 6.12. The molecule has 1 N–H and O–H groups in total. The summed E-state index contributed by atoms with van der Waals surface area (Å²) >= 11 is 3.53. The number of amides is 2. The maximum absolute atomic E-state index is 12.3. The minimum absolute atomic E-state index is 0.0189. The SMILES string of the molecule is O=C(Nc1ccccc1)N1CCSC1c1cccs1. The molecule has 1 atom stereocenters. The molecule has 1 fully saturated rings. The zero-order chi connectivity index (χ0) is 13.1. The number of hydrogen-bond acceptors (Lipinski definition) is 3. The second-order valence-electron chi connectivity index (χ2n) is 4.23. The third-order valence-corrected chi connectivity index (χ3v) is 5.28. The molecule has 1 aliphatic rings. The molecule has 0 spiro atoms. The number of rotatable bonds is 2. The van der Waals surface area contributed by atoms with Crippen LogP contribution in [0.5, 0.6) is 0 Å². The molecular formula is C14H14N2OS2. The molecule has 1 aromatic carbocycles. The highest BCUT2D eigenvalue weighted by molar-refractivity contribution is 7.99. The fraction of sp³-hybridized carbons (Fsp3) is 0.214. The van der Waals surface area contributed by atoms with E-state index in [2.05, 4.69) is 16.8 Å². The van der Waals surface area contributed by atoms with Gasteiger partial charge in [-0.05, 0) is 23.6 Å². The van der Waals surface area contributed by atoms with Crippen molar-refractivity contribution in [1.82, 2.24) is 4.90 Å². The van der Waals surface area contributed by atoms with Crippen molar-refractivity contribution in [2.45, 2.75) is 5.37 Å². The molecule has 98 valence electrons. The van der Waals surface area contributed by atoms with Gasteiger partial charge in [0.1, 0.15) is 5.37 Å². The number of carbonyl (C=O) groups excluding carboxylic acids is 1. The van der Waals surface area contributed by atoms with E-state index in [-0.39, 0.29) is 11.4 Å². The molecule has 1 unspecified atom stereocenters. The number of nitrogens with one attached hydrogen (secondary N) is 1. The average molecular weight is 290 g/mol. The Morgan fingerprint density at radius 2 is 2.05 bits per heavy atom. The maximum Gasteiger partial charge on any atom is 0.323 e. The number of thiophene rings is 1. The lowest BCUT2D eigenvalue weighted by Crippen LogP contribution is -2.34. The molecule has 3 nitrogen and oxygen atoms in total. The summed E-state index contributed by atoms with van der Waals surface area (Å²) in [5.74, 6) is 0.991. The number of urea groups is 1. The standard InChI is InChI=1S/C14H14N2OS2/c17-14(15-11-5-2-1-3-6-11)16-8-10-19-13(16)12-7-4-9-18-12/h1-7,9,13H,8,10H2,(H,15,17). The Kier molecular flexibility index (Phi) is 3.75. The molecule has 2 amide bonds. The summed E-state index contributed by atoms with van der Waals surface area (Å²) in [6, 6.07) is 13.7. The van der Waals surface area contributed by atoms with Crippen molar-refractivity contribution in [3.8, 4) is 0 Å². The summed E-state index contributed by atoms with van der Waals surface area (Å²) in [4.78, 5) is 15.5. The predicted octanol–water partition coefficient (Wildman–Crippen LogP) is 4.03. The first-order chi connectivity index (χ1) is 9.34. The van der Waals surface area contributed by atoms with Crippen LogP contribution in [0.2, 0.25) is 0 Å². The van der Waals surface area contributed by atoms with Crippen molar-refractivity contribution in [3.63, 3.8) is 0 Å². The summed E-state index contributed by atoms with van der Waals surface area (Å²) < 4.78 is 0. The Morgan fingerprint density at radius 3 is 2.79 bits per heavy atom. The second-order valence-corrected chi connectivity index (χ2v) is 6.40. The number of benzene rings is 1. The Morgan fingerprint density at radius 1 is 1.21 bits per heavy atom. The summed E-state index contributed by atoms with van der Waals surface area (Å²) in [6.45, 7) is 0.798. The van der Waals surface area contributed by atoms with Gasteiger partial charge in [-0.2, -0.15) is 0 Å². The van der Waals surface area contributed by atoms with Gasteiger partial charge in [-0.1, -0.05) is 24.3 Å². The third kappa shape index (κ3) is 2.77. The van der Waals surface area contributed by atoms with Crippen LogP contribution in [0, 0.1) is 0 Å². The number of thioether (sulfide) groups is 1. The van der Waals surface area contributed by atoms with Crippen molar-refractivity contribution in [1.29, 1.82) is 0 Å². The normalized spacial score (nSPS) is 18.5. The highest BCUT2D eigenvalue weighted by Crippen LogP contribution is 2.40. The molecule has 5 heteroatoms. The van der Waals surface area contributed by atoms with Gasteiger partial charge < -0.3 is 10.2 Å². The van der Waals surface area contributed by atoms with E-state index in [0.29, 0.717) is 0 Å². The molecule has 1 aromatic heterocycles. The van der Waals surface area contributed by atoms with Gasteiger partial charge in [-0.25, -0.2) is 4.79 Å². The predicted molar refractivity (Wildman–Crippen MR) is 81.7 cm³/mol. The van der Waals surface area contributed by atoms with Crippen LogP contribution in [-0.2, 0) is 0 Å². The summed E-state index contributed by atoms with van der Waals surface area (Å²) in [5, 5.41) is 5.17. The van der Waals surface area contributed by atoms with Crippen LogP contribution < -0.4 is 5.32 Å². The van der Waals surface area contributed by atoms with Crippen LogP contribution in [-0.4, -0.2) is 23.2 Å². The van der Waals surface area contributed by atoms with E-state index in [1.807, 2.05) is 53.1 Å². The molecule has 0 radical (unpaired) electrons. The minimum atomic E-state index is -0.0189. The fourth-order valence-electron chi connectivity index (χ4n) is 2.06. The highest BCUT2D eigenvalue weighted by Gasteiger charge is 2.31. The molecular weight excluding hydrogens is 276 g/mol. The molecule has 19 heavy (non-hydrogen) atoms. The van der Waals surface area contributed by atoms with Gasteiger partial charge >= 0.3 is 6.03 Å². The summed E-state index contributed by atoms with van der Waals surface area (Å²) in [6.07, 6.45) is 0. The molecule has 2 aromatic rings. The number of carbonyl (C=O) groups is 1. The van der Waals surface area contributed by atoms with Crippen molar-refractivity contribution >= 4 is 34.8 Å². The summed E-state index contributed by atoms with van der Waals surface area (Å²) in [5.41, 5.74) is 0.842. The Labute approximate surface area is 120 Å². The molecule has 2 heterocycles. The molecule has 0 aliphatic carbocycles. The quantitative estimate of drug-likeness (QED) is 0.905. The van der Waals surface area contributed by atoms with Crippen LogP contribution in [0.15, 0.2) is 47.8 Å². The smallest absolute Gasteiger partial charge is 0.308 e. The van der Waals surface area contributed by atoms with Crippen LogP contribution >= 0.6 is 23.1 Å². The molecule has 0 saturated carbocycles. The molecule has 0 bridgehead atoms. The van der Waals surface area contributed by atoms with Gasteiger partial charge in [0.25, 0.3) is 0 Å². The van der Waals surface area contributed by atoms with E-state index in [1.165, 1.54) is 4.88 Å². The van der Waals surface area contributed by atoms with Crippen LogP contribution in [0.1, 0.15) is 10.3 Å². The molecule has 1 aliphatic heterocycles. The van der Waals surface area contributed by atoms with E-state index in [0.717, 1.165) is 18.0 Å². The first kappa shape index (κ1) is 12.6. The van der Waals surface area contributed by atoms with Gasteiger partial charge in [0.05, 0.1) is 0 Å². The van der Waals surface area contributed by atoms with Crippen LogP contribution in [0.4, 0.5) is 10.5 Å². The molecule has 3 rings (SSSR count). The average Bonchev–Trinajstić information content (AvgIpc) is 3.10.